The van der Waals surface area contributed by atoms with Gasteiger partial charge in [0.1, 0.15) is 12.1 Å². The zero-order valence-electron chi connectivity index (χ0n) is 14.0. The van der Waals surface area contributed by atoms with E-state index in [2.05, 4.69) is 9.76 Å². The third kappa shape index (κ3) is 3.90. The molecule has 146 valence electrons. The summed E-state index contributed by atoms with van der Waals surface area (Å²) in [5.41, 5.74) is 2.32. The molecule has 4 amide bonds. The van der Waals surface area contributed by atoms with Crippen molar-refractivity contribution in [2.24, 2.45) is 0 Å². The number of carbonyl (C=O) groups excluding carboxylic acids is 3. The standard InChI is InChI=1S/C13H20N4O8S/c1-8(18)15-5-4-10(7-15)24-14-12(19)11-3-2-9-6-16(11)13(20)17(9)25-26(21,22)23/h9-11H,2-7H2,1H3,(H,14,19)(H,21,22,23). The van der Waals surface area contributed by atoms with Gasteiger partial charge in [0.15, 0.2) is 0 Å². The number of urea groups is 1. The largest absolute Gasteiger partial charge is 0.418 e. The first-order valence-electron chi connectivity index (χ1n) is 8.13. The fourth-order valence-corrected chi connectivity index (χ4v) is 3.81. The molecule has 3 aliphatic heterocycles. The Morgan fingerprint density at radius 1 is 1.23 bits per heavy atom. The van der Waals surface area contributed by atoms with Gasteiger partial charge in [0.25, 0.3) is 5.91 Å². The van der Waals surface area contributed by atoms with Crippen LogP contribution >= 0.6 is 0 Å². The second-order valence-electron chi connectivity index (χ2n) is 6.47. The number of nitrogens with zero attached hydrogens (tertiary/aromatic N) is 3. The van der Waals surface area contributed by atoms with Crippen LogP contribution in [0, 0.1) is 0 Å². The van der Waals surface area contributed by atoms with Crippen molar-refractivity contribution in [2.45, 2.75) is 44.4 Å². The molecule has 0 aromatic carbocycles. The van der Waals surface area contributed by atoms with E-state index in [4.69, 9.17) is 9.39 Å². The van der Waals surface area contributed by atoms with E-state index < -0.39 is 34.4 Å². The predicted octanol–water partition coefficient (Wildman–Crippen LogP) is -1.34. The molecule has 3 atom stereocenters. The number of carbonyl (C=O) groups is 3. The molecule has 0 aromatic heterocycles. The van der Waals surface area contributed by atoms with Crippen LogP contribution in [-0.2, 0) is 29.1 Å². The Bertz CT molecular complexity index is 713. The summed E-state index contributed by atoms with van der Waals surface area (Å²) < 4.78 is 34.8. The van der Waals surface area contributed by atoms with Crippen molar-refractivity contribution in [1.82, 2.24) is 20.3 Å². The lowest BCUT2D eigenvalue weighted by molar-refractivity contribution is -0.143. The van der Waals surface area contributed by atoms with Gasteiger partial charge in [-0.25, -0.2) is 10.3 Å². The molecule has 26 heavy (non-hydrogen) atoms. The third-order valence-corrected chi connectivity index (χ3v) is 5.07. The minimum Gasteiger partial charge on any atom is -0.340 e. The van der Waals surface area contributed by atoms with Crippen molar-refractivity contribution in [3.05, 3.63) is 0 Å². The van der Waals surface area contributed by atoms with Crippen LogP contribution in [0.25, 0.3) is 0 Å². The molecule has 3 rings (SSSR count). The van der Waals surface area contributed by atoms with Gasteiger partial charge in [-0.3, -0.25) is 19.0 Å². The lowest BCUT2D eigenvalue weighted by atomic mass is 10.0. The van der Waals surface area contributed by atoms with E-state index in [1.807, 2.05) is 0 Å². The summed E-state index contributed by atoms with van der Waals surface area (Å²) in [7, 11) is -4.83. The Labute approximate surface area is 149 Å². The summed E-state index contributed by atoms with van der Waals surface area (Å²) in [4.78, 5) is 44.0. The van der Waals surface area contributed by atoms with Gasteiger partial charge in [0.05, 0.1) is 6.04 Å². The Balaban J connectivity index is 1.55. The summed E-state index contributed by atoms with van der Waals surface area (Å²) in [6.45, 7) is 2.49. The van der Waals surface area contributed by atoms with Gasteiger partial charge < -0.3 is 9.80 Å². The van der Waals surface area contributed by atoms with E-state index in [1.165, 1.54) is 11.8 Å². The van der Waals surface area contributed by atoms with Crippen molar-refractivity contribution >= 4 is 28.2 Å². The first kappa shape index (κ1) is 18.8. The molecule has 3 saturated heterocycles. The molecule has 2 N–H and O–H groups in total. The van der Waals surface area contributed by atoms with Crippen molar-refractivity contribution < 1.29 is 36.5 Å². The van der Waals surface area contributed by atoms with E-state index in [-0.39, 0.29) is 18.6 Å². The van der Waals surface area contributed by atoms with Gasteiger partial charge >= 0.3 is 16.4 Å². The first-order chi connectivity index (χ1) is 12.2. The maximum Gasteiger partial charge on any atom is 0.418 e. The average Bonchev–Trinajstić information content (AvgIpc) is 3.12. The highest BCUT2D eigenvalue weighted by atomic mass is 32.3. The molecule has 0 aliphatic carbocycles. The monoisotopic (exact) mass is 392 g/mol. The molecule has 13 heteroatoms. The molecule has 12 nitrogen and oxygen atoms in total. The summed E-state index contributed by atoms with van der Waals surface area (Å²) in [5.74, 6) is -0.603. The number of hydrogen-bond acceptors (Lipinski definition) is 7. The van der Waals surface area contributed by atoms with Gasteiger partial charge in [-0.15, -0.1) is 4.28 Å². The molecule has 0 saturated carbocycles. The van der Waals surface area contributed by atoms with E-state index in [0.29, 0.717) is 37.4 Å². The van der Waals surface area contributed by atoms with Crippen LogP contribution in [0.15, 0.2) is 0 Å². The average molecular weight is 392 g/mol. The van der Waals surface area contributed by atoms with Crippen molar-refractivity contribution in [1.29, 1.82) is 0 Å². The predicted molar refractivity (Wildman–Crippen MR) is 83.3 cm³/mol. The number of likely N-dealkylation sites (tertiary alicyclic amines) is 1. The number of piperidine rings is 1. The van der Waals surface area contributed by atoms with Crippen LogP contribution in [0.3, 0.4) is 0 Å². The topological polar surface area (TPSA) is 146 Å². The van der Waals surface area contributed by atoms with E-state index in [9.17, 15) is 22.8 Å². The minimum atomic E-state index is -4.83. The maximum atomic E-state index is 12.4. The molecule has 3 heterocycles. The van der Waals surface area contributed by atoms with Crippen LogP contribution in [0.4, 0.5) is 4.79 Å². The van der Waals surface area contributed by atoms with Crippen molar-refractivity contribution in [3.63, 3.8) is 0 Å². The smallest absolute Gasteiger partial charge is 0.340 e. The molecule has 0 spiro atoms. The maximum absolute atomic E-state index is 12.4. The lowest BCUT2D eigenvalue weighted by Gasteiger charge is -2.29. The van der Waals surface area contributed by atoms with E-state index in [0.717, 1.165) is 0 Å². The number of amides is 4. The highest BCUT2D eigenvalue weighted by Gasteiger charge is 2.49. The van der Waals surface area contributed by atoms with Gasteiger partial charge in [0.2, 0.25) is 5.91 Å². The van der Waals surface area contributed by atoms with Crippen LogP contribution in [0.2, 0.25) is 0 Å². The molecule has 0 aromatic rings. The van der Waals surface area contributed by atoms with Crippen LogP contribution in [0.1, 0.15) is 26.2 Å². The number of fused-ring (bicyclic) bond motifs is 2. The molecule has 2 bridgehead atoms. The van der Waals surface area contributed by atoms with Crippen LogP contribution in [0.5, 0.6) is 0 Å². The minimum absolute atomic E-state index is 0.0673. The highest BCUT2D eigenvalue weighted by molar-refractivity contribution is 7.80. The Morgan fingerprint density at radius 2 is 1.96 bits per heavy atom. The zero-order chi connectivity index (χ0) is 19.1. The van der Waals surface area contributed by atoms with Crippen LogP contribution < -0.4 is 5.48 Å². The highest BCUT2D eigenvalue weighted by Crippen LogP contribution is 2.30. The Morgan fingerprint density at radius 3 is 2.58 bits per heavy atom. The number of hydrogen-bond donors (Lipinski definition) is 2. The molecule has 3 unspecified atom stereocenters. The van der Waals surface area contributed by atoms with Crippen molar-refractivity contribution in [2.75, 3.05) is 19.6 Å². The third-order valence-electron chi connectivity index (χ3n) is 4.72. The normalized spacial score (nSPS) is 28.6. The van der Waals surface area contributed by atoms with Gasteiger partial charge in [0, 0.05) is 26.6 Å². The molecular weight excluding hydrogens is 372 g/mol. The summed E-state index contributed by atoms with van der Waals surface area (Å²) in [6, 6.07) is -2.21. The fraction of sp³-hybridized carbons (Fsp3) is 0.769. The fourth-order valence-electron chi connectivity index (χ4n) is 3.42. The summed E-state index contributed by atoms with van der Waals surface area (Å²) >= 11 is 0. The van der Waals surface area contributed by atoms with E-state index >= 15 is 0 Å². The van der Waals surface area contributed by atoms with Gasteiger partial charge in [-0.05, 0) is 19.3 Å². The SMILES string of the molecule is CC(=O)N1CCC(ONC(=O)C2CCC3CN2C(=O)N3OS(=O)(=O)O)C1. The second kappa shape index (κ2) is 6.98. The Hall–Kier alpha value is -1.96. The molecule has 3 aliphatic rings. The lowest BCUT2D eigenvalue weighted by Crippen LogP contribution is -2.50. The van der Waals surface area contributed by atoms with Crippen molar-refractivity contribution in [3.8, 4) is 0 Å². The van der Waals surface area contributed by atoms with Gasteiger partial charge in [-0.1, -0.05) is 0 Å². The summed E-state index contributed by atoms with van der Waals surface area (Å²) in [6.07, 6.45) is 0.886. The number of rotatable bonds is 5. The first-order valence-corrected chi connectivity index (χ1v) is 9.50. The quantitative estimate of drug-likeness (QED) is 0.432. The Kier molecular flexibility index (Phi) is 5.05. The molecule has 3 fully saturated rings. The van der Waals surface area contributed by atoms with E-state index in [1.54, 1.807) is 4.90 Å². The number of nitrogens with one attached hydrogen (secondary N) is 1. The van der Waals surface area contributed by atoms with Gasteiger partial charge in [-0.2, -0.15) is 13.5 Å². The van der Waals surface area contributed by atoms with Crippen LogP contribution in [-0.4, -0.2) is 83.5 Å². The second-order valence-corrected chi connectivity index (χ2v) is 7.47. The summed E-state index contributed by atoms with van der Waals surface area (Å²) in [5, 5.41) is 0.575. The molecular formula is C13H20N4O8S. The zero-order valence-corrected chi connectivity index (χ0v) is 14.8. The molecule has 0 radical (unpaired) electrons. The number of hydroxylamine groups is 3.